The first-order valence-electron chi connectivity index (χ1n) is 10.1. The van der Waals surface area contributed by atoms with Crippen LogP contribution in [-0.2, 0) is 0 Å². The number of unbranched alkanes of at least 4 members (excludes halogenated alkanes) is 2. The molecule has 0 saturated heterocycles. The van der Waals surface area contributed by atoms with Gasteiger partial charge >= 0.3 is 0 Å². The second-order valence-electron chi connectivity index (χ2n) is 8.90. The highest BCUT2D eigenvalue weighted by Gasteiger charge is 2.49. The van der Waals surface area contributed by atoms with E-state index in [2.05, 4.69) is 76.5 Å². The van der Waals surface area contributed by atoms with Crippen molar-refractivity contribution in [3.8, 4) is 0 Å². The Hall–Kier alpha value is -0.606. The van der Waals surface area contributed by atoms with Gasteiger partial charge in [-0.1, -0.05) is 100 Å². The van der Waals surface area contributed by atoms with Gasteiger partial charge in [0.2, 0.25) is 0 Å². The molecule has 2 rings (SSSR count). The van der Waals surface area contributed by atoms with Gasteiger partial charge in [-0.05, 0) is 36.8 Å². The standard InChI is InChI=1S/C22H38Si2/c1-7-9-11-19-13-15-21(17-19)23(3,4)24(5,6)22-16-14-20(18-22)12-10-8-2/h13-18,21-22H,7-12H2,1-6H3. The van der Waals surface area contributed by atoms with Gasteiger partial charge in [0.1, 0.15) is 0 Å². The summed E-state index contributed by atoms with van der Waals surface area (Å²) in [7, 11) is -2.65. The van der Waals surface area contributed by atoms with E-state index >= 15 is 0 Å². The molecule has 0 spiro atoms. The maximum absolute atomic E-state index is 2.67. The minimum atomic E-state index is -1.32. The van der Waals surface area contributed by atoms with E-state index in [4.69, 9.17) is 0 Å². The van der Waals surface area contributed by atoms with Crippen molar-refractivity contribution in [2.45, 2.75) is 89.6 Å². The third-order valence-corrected chi connectivity index (χ3v) is 26.1. The van der Waals surface area contributed by atoms with Gasteiger partial charge in [0.15, 0.2) is 0 Å². The Balaban J connectivity index is 2.11. The lowest BCUT2D eigenvalue weighted by molar-refractivity contribution is 0.798. The molecule has 2 aliphatic carbocycles. The Morgan fingerprint density at radius 3 is 1.42 bits per heavy atom. The van der Waals surface area contributed by atoms with Crippen molar-refractivity contribution in [2.75, 3.05) is 0 Å². The summed E-state index contributed by atoms with van der Waals surface area (Å²) in [6, 6.07) is 0. The van der Waals surface area contributed by atoms with Crippen molar-refractivity contribution >= 4 is 15.2 Å². The topological polar surface area (TPSA) is 0 Å². The minimum absolute atomic E-state index is 0.757. The molecule has 0 amide bonds. The molecule has 0 aliphatic heterocycles. The summed E-state index contributed by atoms with van der Waals surface area (Å²) >= 11 is 0. The Morgan fingerprint density at radius 2 is 1.08 bits per heavy atom. The van der Waals surface area contributed by atoms with Gasteiger partial charge in [0, 0.05) is 0 Å². The molecule has 0 bridgehead atoms. The predicted molar refractivity (Wildman–Crippen MR) is 116 cm³/mol. The van der Waals surface area contributed by atoms with Gasteiger partial charge in [-0.15, -0.1) is 0 Å². The SMILES string of the molecule is CCCCC1=CC([Si](C)(C)[Si](C)(C)C2C=CC(CCCC)=C2)C=C1. The van der Waals surface area contributed by atoms with Crippen molar-refractivity contribution in [3.63, 3.8) is 0 Å². The van der Waals surface area contributed by atoms with E-state index in [0.717, 1.165) is 11.1 Å². The lowest BCUT2D eigenvalue weighted by Gasteiger charge is -2.44. The van der Waals surface area contributed by atoms with Crippen LogP contribution in [0.3, 0.4) is 0 Å². The summed E-state index contributed by atoms with van der Waals surface area (Å²) in [5.41, 5.74) is 4.72. The first kappa shape index (κ1) is 19.7. The zero-order valence-electron chi connectivity index (χ0n) is 16.9. The van der Waals surface area contributed by atoms with Crippen LogP contribution in [0.5, 0.6) is 0 Å². The first-order chi connectivity index (χ1) is 11.3. The van der Waals surface area contributed by atoms with E-state index in [1.165, 1.54) is 38.5 Å². The Kier molecular flexibility index (Phi) is 6.72. The van der Waals surface area contributed by atoms with Crippen LogP contribution in [0.4, 0.5) is 0 Å². The fourth-order valence-corrected chi connectivity index (χ4v) is 14.4. The van der Waals surface area contributed by atoms with Crippen molar-refractivity contribution in [2.24, 2.45) is 0 Å². The van der Waals surface area contributed by atoms with Gasteiger partial charge in [0.25, 0.3) is 0 Å². The Morgan fingerprint density at radius 1 is 0.708 bits per heavy atom. The van der Waals surface area contributed by atoms with E-state index in [-0.39, 0.29) is 0 Å². The van der Waals surface area contributed by atoms with Crippen LogP contribution >= 0.6 is 0 Å². The number of hydrogen-bond acceptors (Lipinski definition) is 0. The maximum Gasteiger partial charge on any atom is 0.0540 e. The predicted octanol–water partition coefficient (Wildman–Crippen LogP) is 7.59. The van der Waals surface area contributed by atoms with Crippen LogP contribution in [0.2, 0.25) is 37.3 Å². The molecule has 0 radical (unpaired) electrons. The summed E-state index contributed by atoms with van der Waals surface area (Å²) < 4.78 is 0. The van der Waals surface area contributed by atoms with Crippen LogP contribution in [0.1, 0.15) is 52.4 Å². The zero-order valence-corrected chi connectivity index (χ0v) is 18.9. The molecule has 24 heavy (non-hydrogen) atoms. The van der Waals surface area contributed by atoms with Crippen molar-refractivity contribution < 1.29 is 0 Å². The quantitative estimate of drug-likeness (QED) is 0.372. The van der Waals surface area contributed by atoms with E-state index in [9.17, 15) is 0 Å². The molecule has 0 nitrogen and oxygen atoms in total. The molecule has 0 aromatic rings. The van der Waals surface area contributed by atoms with Gasteiger partial charge in [-0.25, -0.2) is 0 Å². The summed E-state index contributed by atoms with van der Waals surface area (Å²) in [6.45, 7) is 15.2. The average Bonchev–Trinajstić information content (AvgIpc) is 3.20. The third-order valence-electron chi connectivity index (χ3n) is 6.79. The molecule has 0 saturated carbocycles. The molecular formula is C22H38Si2. The molecule has 2 unspecified atom stereocenters. The summed E-state index contributed by atoms with van der Waals surface area (Å²) in [5.74, 6) is 0. The highest BCUT2D eigenvalue weighted by molar-refractivity contribution is 7.42. The van der Waals surface area contributed by atoms with Crippen LogP contribution in [-0.4, -0.2) is 15.2 Å². The summed E-state index contributed by atoms with van der Waals surface area (Å²) in [5, 5.41) is 0. The number of allylic oxidation sites excluding steroid dienone is 8. The molecule has 134 valence electrons. The molecular weight excluding hydrogens is 320 g/mol. The van der Waals surface area contributed by atoms with Crippen molar-refractivity contribution in [3.05, 3.63) is 47.6 Å². The van der Waals surface area contributed by atoms with Gasteiger partial charge in [-0.2, -0.15) is 0 Å². The molecule has 0 aromatic heterocycles. The highest BCUT2D eigenvalue weighted by Crippen LogP contribution is 2.45. The molecule has 0 heterocycles. The second-order valence-corrected chi connectivity index (χ2v) is 24.9. The maximum atomic E-state index is 2.67. The largest absolute Gasteiger partial charge is 0.0803 e. The first-order valence-corrected chi connectivity index (χ1v) is 17.3. The van der Waals surface area contributed by atoms with Gasteiger partial charge in [-0.3, -0.25) is 0 Å². The van der Waals surface area contributed by atoms with E-state index in [0.29, 0.717) is 0 Å². The Labute approximate surface area is 152 Å². The van der Waals surface area contributed by atoms with Gasteiger partial charge in [0.05, 0.1) is 15.2 Å². The average molecular weight is 359 g/mol. The third kappa shape index (κ3) is 4.13. The molecule has 2 atom stereocenters. The molecule has 0 aromatic carbocycles. The van der Waals surface area contributed by atoms with Crippen molar-refractivity contribution in [1.29, 1.82) is 0 Å². The lowest BCUT2D eigenvalue weighted by atomic mass is 10.1. The Bertz CT molecular complexity index is 496. The fraction of sp³-hybridized carbons (Fsp3) is 0.636. The molecule has 2 aliphatic rings. The molecule has 0 N–H and O–H groups in total. The van der Waals surface area contributed by atoms with Gasteiger partial charge < -0.3 is 0 Å². The molecule has 2 heteroatoms. The summed E-state index contributed by atoms with van der Waals surface area (Å²) in [4.78, 5) is 0. The van der Waals surface area contributed by atoms with Crippen molar-refractivity contribution in [1.82, 2.24) is 0 Å². The summed E-state index contributed by atoms with van der Waals surface area (Å²) in [6.07, 6.45) is 23.1. The number of hydrogen-bond donors (Lipinski definition) is 0. The van der Waals surface area contributed by atoms with Crippen LogP contribution in [0.25, 0.3) is 0 Å². The van der Waals surface area contributed by atoms with Crippen LogP contribution in [0.15, 0.2) is 47.6 Å². The lowest BCUT2D eigenvalue weighted by Crippen LogP contribution is -2.59. The van der Waals surface area contributed by atoms with Crippen LogP contribution < -0.4 is 0 Å². The van der Waals surface area contributed by atoms with E-state index in [1.54, 1.807) is 11.1 Å². The normalized spacial score (nSPS) is 23.8. The van der Waals surface area contributed by atoms with E-state index < -0.39 is 15.2 Å². The minimum Gasteiger partial charge on any atom is -0.0803 e. The smallest absolute Gasteiger partial charge is 0.0540 e. The van der Waals surface area contributed by atoms with E-state index in [1.807, 2.05) is 0 Å². The monoisotopic (exact) mass is 358 g/mol. The highest BCUT2D eigenvalue weighted by atomic mass is 29.3. The number of rotatable bonds is 9. The zero-order chi connectivity index (χ0) is 17.8. The molecule has 0 fully saturated rings. The second kappa shape index (κ2) is 8.18. The fourth-order valence-electron chi connectivity index (χ4n) is 3.99. The van der Waals surface area contributed by atoms with Crippen LogP contribution in [0, 0.1) is 0 Å².